The highest BCUT2D eigenvalue weighted by atomic mass is 32.2. The maximum absolute atomic E-state index is 12.7. The van der Waals surface area contributed by atoms with Gasteiger partial charge in [-0.05, 0) is 61.4 Å². The summed E-state index contributed by atoms with van der Waals surface area (Å²) in [6.07, 6.45) is 1.61. The van der Waals surface area contributed by atoms with Crippen molar-refractivity contribution < 1.29 is 18.7 Å². The molecule has 4 rings (SSSR count). The van der Waals surface area contributed by atoms with Gasteiger partial charge in [-0.25, -0.2) is 0 Å². The van der Waals surface area contributed by atoms with Crippen LogP contribution in [-0.4, -0.2) is 29.1 Å². The van der Waals surface area contributed by atoms with Crippen LogP contribution in [0, 0.1) is 0 Å². The van der Waals surface area contributed by atoms with Gasteiger partial charge in [0.1, 0.15) is 16.9 Å². The summed E-state index contributed by atoms with van der Waals surface area (Å²) in [5, 5.41) is 2.95. The van der Waals surface area contributed by atoms with Gasteiger partial charge in [0, 0.05) is 5.56 Å². The van der Waals surface area contributed by atoms with E-state index < -0.39 is 0 Å². The van der Waals surface area contributed by atoms with Crippen molar-refractivity contribution in [1.29, 1.82) is 0 Å². The van der Waals surface area contributed by atoms with E-state index in [1.54, 1.807) is 18.0 Å². The number of ether oxygens (including phenoxy) is 1. The summed E-state index contributed by atoms with van der Waals surface area (Å²) in [6, 6.07) is 18.7. The number of nitrogens with zero attached hydrogens (tertiary/aromatic N) is 1. The molecule has 1 aromatic heterocycles. The molecule has 3 aromatic rings. The fourth-order valence-corrected chi connectivity index (χ4v) is 4.84. The summed E-state index contributed by atoms with van der Waals surface area (Å²) in [4.78, 5) is 26.9. The third-order valence-corrected chi connectivity index (χ3v) is 6.63. The molecule has 1 aliphatic heterocycles. The van der Waals surface area contributed by atoms with Crippen LogP contribution in [0.3, 0.4) is 0 Å². The molecule has 0 saturated carbocycles. The summed E-state index contributed by atoms with van der Waals surface area (Å²) in [7, 11) is 0. The molecular formula is C25H26N2O4S. The first-order valence-electron chi connectivity index (χ1n) is 10.6. The van der Waals surface area contributed by atoms with Crippen LogP contribution in [0.4, 0.5) is 0 Å². The summed E-state index contributed by atoms with van der Waals surface area (Å²) in [6.45, 7) is 4.96. The lowest BCUT2D eigenvalue weighted by atomic mass is 10.1. The standard InChI is InChI=1S/C25H26N2O4S/c1-3-30-21-12-10-18(11-13-21)17(2)26-24(29)19-6-8-20(9-7-19)25-27(23(28)16-32-25)15-22-5-4-14-31-22/h4-14,17,25H,3,15-16H2,1-2H3,(H,26,29)/t17-,25+/m0/s1. The molecule has 6 nitrogen and oxygen atoms in total. The molecule has 1 fully saturated rings. The molecule has 2 amide bonds. The minimum absolute atomic E-state index is 0.0856. The van der Waals surface area contributed by atoms with Crippen molar-refractivity contribution in [2.75, 3.05) is 12.4 Å². The second-order valence-corrected chi connectivity index (χ2v) is 8.65. The fraction of sp³-hybridized carbons (Fsp3) is 0.280. The van der Waals surface area contributed by atoms with Gasteiger partial charge in [-0.15, -0.1) is 11.8 Å². The Balaban J connectivity index is 1.40. The van der Waals surface area contributed by atoms with E-state index >= 15 is 0 Å². The predicted octanol–water partition coefficient (Wildman–Crippen LogP) is 4.94. The number of nitrogens with one attached hydrogen (secondary N) is 1. The molecule has 7 heteroatoms. The van der Waals surface area contributed by atoms with E-state index in [9.17, 15) is 9.59 Å². The third kappa shape index (κ3) is 4.99. The lowest BCUT2D eigenvalue weighted by Gasteiger charge is -2.23. The van der Waals surface area contributed by atoms with E-state index in [1.807, 2.05) is 79.4 Å². The number of benzene rings is 2. The largest absolute Gasteiger partial charge is 0.494 e. The third-order valence-electron chi connectivity index (χ3n) is 5.37. The highest BCUT2D eigenvalue weighted by molar-refractivity contribution is 8.00. The molecule has 0 spiro atoms. The fourth-order valence-electron chi connectivity index (χ4n) is 3.65. The quantitative estimate of drug-likeness (QED) is 0.526. The molecule has 1 saturated heterocycles. The second kappa shape index (κ2) is 9.96. The summed E-state index contributed by atoms with van der Waals surface area (Å²) < 4.78 is 10.9. The SMILES string of the molecule is CCOc1ccc([C@H](C)NC(=O)c2ccc([C@H]3SCC(=O)N3Cc3ccco3)cc2)cc1. The van der Waals surface area contributed by atoms with E-state index in [0.717, 1.165) is 22.6 Å². The Labute approximate surface area is 191 Å². The molecule has 166 valence electrons. The molecule has 2 atom stereocenters. The number of carbonyl (C=O) groups excluding carboxylic acids is 2. The van der Waals surface area contributed by atoms with E-state index in [2.05, 4.69) is 5.32 Å². The zero-order chi connectivity index (χ0) is 22.5. The Kier molecular flexibility index (Phi) is 6.85. The van der Waals surface area contributed by atoms with Crippen LogP contribution in [-0.2, 0) is 11.3 Å². The first-order chi connectivity index (χ1) is 15.5. The van der Waals surface area contributed by atoms with Crippen LogP contribution in [0.25, 0.3) is 0 Å². The molecule has 0 unspecified atom stereocenters. The topological polar surface area (TPSA) is 71.8 Å². The van der Waals surface area contributed by atoms with Crippen LogP contribution in [0.5, 0.6) is 5.75 Å². The van der Waals surface area contributed by atoms with Gasteiger partial charge < -0.3 is 19.4 Å². The van der Waals surface area contributed by atoms with Crippen molar-refractivity contribution in [3.8, 4) is 5.75 Å². The first-order valence-corrected chi connectivity index (χ1v) is 11.7. The Morgan fingerprint density at radius 3 is 2.59 bits per heavy atom. The van der Waals surface area contributed by atoms with Gasteiger partial charge in [0.05, 0.1) is 31.2 Å². The van der Waals surface area contributed by atoms with Crippen LogP contribution in [0.1, 0.15) is 52.5 Å². The molecule has 2 heterocycles. The minimum Gasteiger partial charge on any atom is -0.494 e. The highest BCUT2D eigenvalue weighted by Gasteiger charge is 2.33. The van der Waals surface area contributed by atoms with Gasteiger partial charge in [0.25, 0.3) is 5.91 Å². The van der Waals surface area contributed by atoms with E-state index in [4.69, 9.17) is 9.15 Å². The number of carbonyl (C=O) groups is 2. The Hall–Kier alpha value is -3.19. The van der Waals surface area contributed by atoms with Gasteiger partial charge in [-0.1, -0.05) is 24.3 Å². The van der Waals surface area contributed by atoms with Gasteiger partial charge in [-0.3, -0.25) is 9.59 Å². The molecule has 0 radical (unpaired) electrons. The number of rotatable bonds is 8. The smallest absolute Gasteiger partial charge is 0.251 e. The molecule has 0 bridgehead atoms. The average molecular weight is 451 g/mol. The average Bonchev–Trinajstić information content (AvgIpc) is 3.45. The molecule has 32 heavy (non-hydrogen) atoms. The molecule has 1 N–H and O–H groups in total. The summed E-state index contributed by atoms with van der Waals surface area (Å²) in [5.41, 5.74) is 2.58. The number of amides is 2. The van der Waals surface area contributed by atoms with Crippen LogP contribution >= 0.6 is 11.8 Å². The van der Waals surface area contributed by atoms with Crippen LogP contribution in [0.15, 0.2) is 71.3 Å². The Morgan fingerprint density at radius 2 is 1.94 bits per heavy atom. The number of furan rings is 1. The number of thioether (sulfide) groups is 1. The summed E-state index contributed by atoms with van der Waals surface area (Å²) >= 11 is 1.58. The van der Waals surface area contributed by atoms with Gasteiger partial charge in [0.15, 0.2) is 0 Å². The number of hydrogen-bond acceptors (Lipinski definition) is 5. The monoisotopic (exact) mass is 450 g/mol. The molecular weight excluding hydrogens is 424 g/mol. The van der Waals surface area contributed by atoms with E-state index in [-0.39, 0.29) is 23.2 Å². The van der Waals surface area contributed by atoms with Crippen molar-refractivity contribution in [1.82, 2.24) is 10.2 Å². The lowest BCUT2D eigenvalue weighted by Crippen LogP contribution is -2.28. The zero-order valence-corrected chi connectivity index (χ0v) is 18.9. The first kappa shape index (κ1) is 22.0. The minimum atomic E-state index is -0.138. The van der Waals surface area contributed by atoms with Crippen molar-refractivity contribution in [2.24, 2.45) is 0 Å². The maximum Gasteiger partial charge on any atom is 0.251 e. The second-order valence-electron chi connectivity index (χ2n) is 7.58. The number of hydrogen-bond donors (Lipinski definition) is 1. The zero-order valence-electron chi connectivity index (χ0n) is 18.1. The van der Waals surface area contributed by atoms with Crippen molar-refractivity contribution in [3.63, 3.8) is 0 Å². The Morgan fingerprint density at radius 1 is 1.19 bits per heavy atom. The molecule has 0 aliphatic carbocycles. The lowest BCUT2D eigenvalue weighted by molar-refractivity contribution is -0.128. The highest BCUT2D eigenvalue weighted by Crippen LogP contribution is 2.39. The molecule has 1 aliphatic rings. The van der Waals surface area contributed by atoms with Gasteiger partial charge >= 0.3 is 0 Å². The Bertz CT molecular complexity index is 1050. The van der Waals surface area contributed by atoms with Gasteiger partial charge in [-0.2, -0.15) is 0 Å². The van der Waals surface area contributed by atoms with Crippen molar-refractivity contribution in [3.05, 3.63) is 89.4 Å². The summed E-state index contributed by atoms with van der Waals surface area (Å²) in [5.74, 6) is 1.95. The van der Waals surface area contributed by atoms with Crippen LogP contribution < -0.4 is 10.1 Å². The van der Waals surface area contributed by atoms with Gasteiger partial charge in [0.2, 0.25) is 5.91 Å². The van der Waals surface area contributed by atoms with E-state index in [1.165, 1.54) is 0 Å². The predicted molar refractivity (Wildman–Crippen MR) is 124 cm³/mol. The normalized spacial score (nSPS) is 16.8. The van der Waals surface area contributed by atoms with Crippen molar-refractivity contribution >= 4 is 23.6 Å². The van der Waals surface area contributed by atoms with Crippen LogP contribution in [0.2, 0.25) is 0 Å². The van der Waals surface area contributed by atoms with Crippen molar-refractivity contribution in [2.45, 2.75) is 31.8 Å². The maximum atomic E-state index is 12.7. The van der Waals surface area contributed by atoms with E-state index in [0.29, 0.717) is 24.5 Å². The molecule has 2 aromatic carbocycles.